The number of hydrogen-bond donors (Lipinski definition) is 2. The number of H-pyrrole nitrogens is 1. The minimum atomic E-state index is 0.407. The third-order valence-electron chi connectivity index (χ3n) is 5.15. The van der Waals surface area contributed by atoms with Crippen LogP contribution in [0, 0.1) is 6.92 Å². The summed E-state index contributed by atoms with van der Waals surface area (Å²) < 4.78 is 1.90. The number of aromatic amines is 1. The number of fused-ring (bicyclic) bond motifs is 1. The van der Waals surface area contributed by atoms with Gasteiger partial charge in [-0.25, -0.2) is 0 Å². The van der Waals surface area contributed by atoms with Gasteiger partial charge in [0.05, 0.1) is 5.69 Å². The minimum absolute atomic E-state index is 0.407. The Balaban J connectivity index is 1.70. The van der Waals surface area contributed by atoms with Gasteiger partial charge in [0.1, 0.15) is 0 Å². The largest absolute Gasteiger partial charge is 0.361 e. The van der Waals surface area contributed by atoms with Crippen molar-refractivity contribution in [1.29, 1.82) is 0 Å². The Kier molecular flexibility index (Phi) is 6.62. The lowest BCUT2D eigenvalue weighted by atomic mass is 10.1. The Morgan fingerprint density at radius 1 is 1.31 bits per heavy atom. The van der Waals surface area contributed by atoms with E-state index in [2.05, 4.69) is 85.6 Å². The van der Waals surface area contributed by atoms with Crippen LogP contribution >= 0.6 is 0 Å². The third-order valence-corrected chi connectivity index (χ3v) is 5.15. The van der Waals surface area contributed by atoms with E-state index in [1.165, 1.54) is 27.6 Å². The van der Waals surface area contributed by atoms with Crippen molar-refractivity contribution in [3.8, 4) is 0 Å². The van der Waals surface area contributed by atoms with Crippen LogP contribution in [-0.4, -0.2) is 45.8 Å². The minimum Gasteiger partial charge on any atom is -0.361 e. The highest BCUT2D eigenvalue weighted by Gasteiger charge is 2.15. The summed E-state index contributed by atoms with van der Waals surface area (Å²) in [5.74, 6) is 1.34. The van der Waals surface area contributed by atoms with Gasteiger partial charge in [-0.1, -0.05) is 26.0 Å². The molecule has 2 heterocycles. The number of nitrogens with zero attached hydrogens (tertiary/aromatic N) is 4. The molecule has 0 atom stereocenters. The number of aliphatic imine (C=N–C) groups is 1. The molecule has 0 fully saturated rings. The van der Waals surface area contributed by atoms with Crippen molar-refractivity contribution in [2.24, 2.45) is 12.0 Å². The molecule has 0 unspecified atom stereocenters. The van der Waals surface area contributed by atoms with E-state index in [-0.39, 0.29) is 0 Å². The van der Waals surface area contributed by atoms with Gasteiger partial charge < -0.3 is 15.2 Å². The lowest BCUT2D eigenvalue weighted by Gasteiger charge is -2.22. The third kappa shape index (κ3) is 5.00. The van der Waals surface area contributed by atoms with Crippen molar-refractivity contribution in [3.63, 3.8) is 0 Å². The molecule has 0 spiro atoms. The standard InChI is InChI=1S/C23H34N6/c1-7-24-23(28(5)14-19-15-29(6)27-22(19)16(2)3)25-11-10-18-13-26-21-12-17(4)8-9-20(18)21/h8-9,12-13,15-16,26H,7,10-11,14H2,1-6H3,(H,24,25). The molecule has 0 amide bonds. The predicted molar refractivity (Wildman–Crippen MR) is 121 cm³/mol. The quantitative estimate of drug-likeness (QED) is 0.471. The smallest absolute Gasteiger partial charge is 0.193 e. The van der Waals surface area contributed by atoms with Gasteiger partial charge in [-0.15, -0.1) is 0 Å². The SMILES string of the molecule is CCNC(=NCCc1c[nH]c2cc(C)ccc12)N(C)Cc1cn(C)nc1C(C)C. The molecule has 0 saturated carbocycles. The number of guanidine groups is 1. The molecule has 3 rings (SSSR count). The first-order valence-electron chi connectivity index (χ1n) is 10.5. The Labute approximate surface area is 174 Å². The fourth-order valence-corrected chi connectivity index (χ4v) is 3.75. The summed E-state index contributed by atoms with van der Waals surface area (Å²) in [5, 5.41) is 9.34. The zero-order valence-corrected chi connectivity index (χ0v) is 18.6. The number of benzene rings is 1. The Hall–Kier alpha value is -2.76. The molecule has 0 aliphatic heterocycles. The molecule has 29 heavy (non-hydrogen) atoms. The molecule has 1 aromatic carbocycles. The number of hydrogen-bond acceptors (Lipinski definition) is 2. The first-order valence-corrected chi connectivity index (χ1v) is 10.5. The molecule has 0 saturated heterocycles. The molecule has 0 radical (unpaired) electrons. The molecular formula is C23H34N6. The predicted octanol–water partition coefficient (Wildman–Crippen LogP) is 3.97. The van der Waals surface area contributed by atoms with Crippen molar-refractivity contribution < 1.29 is 0 Å². The van der Waals surface area contributed by atoms with Crippen molar-refractivity contribution in [2.75, 3.05) is 20.1 Å². The number of aryl methyl sites for hydroxylation is 2. The summed E-state index contributed by atoms with van der Waals surface area (Å²) >= 11 is 0. The monoisotopic (exact) mass is 394 g/mol. The van der Waals surface area contributed by atoms with Crippen LogP contribution in [-0.2, 0) is 20.0 Å². The maximum atomic E-state index is 4.88. The molecule has 6 nitrogen and oxygen atoms in total. The van der Waals surface area contributed by atoms with Crippen molar-refractivity contribution in [1.82, 2.24) is 25.0 Å². The van der Waals surface area contributed by atoms with Gasteiger partial charge in [-0.3, -0.25) is 9.67 Å². The summed E-state index contributed by atoms with van der Waals surface area (Å²) in [5.41, 5.74) is 6.20. The van der Waals surface area contributed by atoms with Gasteiger partial charge in [0.25, 0.3) is 0 Å². The molecule has 0 bridgehead atoms. The topological polar surface area (TPSA) is 61.2 Å². The van der Waals surface area contributed by atoms with E-state index in [1.54, 1.807) is 0 Å². The molecule has 2 N–H and O–H groups in total. The fraction of sp³-hybridized carbons (Fsp3) is 0.478. The highest BCUT2D eigenvalue weighted by Crippen LogP contribution is 2.20. The molecule has 156 valence electrons. The second kappa shape index (κ2) is 9.16. The van der Waals surface area contributed by atoms with E-state index < -0.39 is 0 Å². The van der Waals surface area contributed by atoms with Crippen LogP contribution in [0.5, 0.6) is 0 Å². The molecule has 3 aromatic rings. The molecule has 0 aliphatic carbocycles. The van der Waals surface area contributed by atoms with Gasteiger partial charge in [-0.2, -0.15) is 5.10 Å². The molecule has 2 aromatic heterocycles. The van der Waals surface area contributed by atoms with Gasteiger partial charge in [0.15, 0.2) is 5.96 Å². The van der Waals surface area contributed by atoms with Crippen LogP contribution in [0.4, 0.5) is 0 Å². The number of nitrogens with one attached hydrogen (secondary N) is 2. The molecule has 6 heteroatoms. The van der Waals surface area contributed by atoms with Crippen LogP contribution in [0.25, 0.3) is 10.9 Å². The van der Waals surface area contributed by atoms with E-state index in [4.69, 9.17) is 4.99 Å². The average molecular weight is 395 g/mol. The summed E-state index contributed by atoms with van der Waals surface area (Å²) in [6.45, 7) is 11.0. The summed E-state index contributed by atoms with van der Waals surface area (Å²) in [6, 6.07) is 6.56. The van der Waals surface area contributed by atoms with Gasteiger partial charge in [0.2, 0.25) is 0 Å². The van der Waals surface area contributed by atoms with Gasteiger partial charge in [-0.05, 0) is 43.4 Å². The maximum absolute atomic E-state index is 4.88. The highest BCUT2D eigenvalue weighted by molar-refractivity contribution is 5.84. The Morgan fingerprint density at radius 2 is 2.10 bits per heavy atom. The van der Waals surface area contributed by atoms with Gasteiger partial charge in [0, 0.05) is 62.6 Å². The van der Waals surface area contributed by atoms with Crippen LogP contribution in [0.15, 0.2) is 35.6 Å². The first kappa shape index (κ1) is 21.0. The van der Waals surface area contributed by atoms with Crippen LogP contribution < -0.4 is 5.32 Å². The van der Waals surface area contributed by atoms with Crippen molar-refractivity contribution in [3.05, 3.63) is 53.0 Å². The van der Waals surface area contributed by atoms with Crippen molar-refractivity contribution in [2.45, 2.75) is 46.6 Å². The summed E-state index contributed by atoms with van der Waals surface area (Å²) in [7, 11) is 4.07. The van der Waals surface area contributed by atoms with Crippen LogP contribution in [0.2, 0.25) is 0 Å². The van der Waals surface area contributed by atoms with Crippen molar-refractivity contribution >= 4 is 16.9 Å². The van der Waals surface area contributed by atoms with E-state index in [0.717, 1.165) is 37.7 Å². The van der Waals surface area contributed by atoms with Gasteiger partial charge >= 0.3 is 0 Å². The lowest BCUT2D eigenvalue weighted by Crippen LogP contribution is -2.38. The molecular weight excluding hydrogens is 360 g/mol. The van der Waals surface area contributed by atoms with Crippen LogP contribution in [0.3, 0.4) is 0 Å². The Bertz CT molecular complexity index is 979. The number of aromatic nitrogens is 3. The van der Waals surface area contributed by atoms with E-state index in [0.29, 0.717) is 5.92 Å². The summed E-state index contributed by atoms with van der Waals surface area (Å²) in [4.78, 5) is 10.4. The summed E-state index contributed by atoms with van der Waals surface area (Å²) in [6.07, 6.45) is 5.14. The first-order chi connectivity index (χ1) is 13.9. The zero-order valence-electron chi connectivity index (χ0n) is 18.6. The van der Waals surface area contributed by atoms with E-state index in [9.17, 15) is 0 Å². The second-order valence-corrected chi connectivity index (χ2v) is 8.07. The average Bonchev–Trinajstić information content (AvgIpc) is 3.23. The second-order valence-electron chi connectivity index (χ2n) is 8.07. The highest BCUT2D eigenvalue weighted by atomic mass is 15.3. The van der Waals surface area contributed by atoms with Crippen LogP contribution in [0.1, 0.15) is 49.1 Å². The van der Waals surface area contributed by atoms with E-state index >= 15 is 0 Å². The fourth-order valence-electron chi connectivity index (χ4n) is 3.75. The lowest BCUT2D eigenvalue weighted by molar-refractivity contribution is 0.473. The molecule has 0 aliphatic rings. The maximum Gasteiger partial charge on any atom is 0.193 e. The number of rotatable bonds is 7. The normalized spacial score (nSPS) is 12.2. The van der Waals surface area contributed by atoms with E-state index in [1.807, 2.05) is 11.7 Å². The Morgan fingerprint density at radius 3 is 2.83 bits per heavy atom. The zero-order chi connectivity index (χ0) is 21.0.